The van der Waals surface area contributed by atoms with Crippen molar-refractivity contribution in [3.63, 3.8) is 0 Å². The topological polar surface area (TPSA) is 102 Å². The van der Waals surface area contributed by atoms with E-state index in [-0.39, 0.29) is 0 Å². The van der Waals surface area contributed by atoms with Gasteiger partial charge in [-0.2, -0.15) is 18.3 Å². The Labute approximate surface area is 122 Å². The molecule has 0 saturated carbocycles. The minimum atomic E-state index is -4.89. The molecule has 117 valence electrons. The molecule has 0 saturated heterocycles. The SMILES string of the molecule is [CH2]C(=O)C(=NNc1ccc([N+](=O)[O-])cc1C(F)(F)F)C(C)=O. The molecule has 10 heteroatoms. The molecule has 0 aliphatic carbocycles. The summed E-state index contributed by atoms with van der Waals surface area (Å²) in [4.78, 5) is 31.7. The van der Waals surface area contributed by atoms with Crippen molar-refractivity contribution in [3.05, 3.63) is 40.8 Å². The Bertz CT molecular complexity index is 652. The van der Waals surface area contributed by atoms with Gasteiger partial charge < -0.3 is 0 Å². The number of nitro groups is 1. The summed E-state index contributed by atoms with van der Waals surface area (Å²) in [7, 11) is 0. The molecule has 1 N–H and O–H groups in total. The lowest BCUT2D eigenvalue weighted by atomic mass is 10.1. The molecule has 1 rings (SSSR count). The van der Waals surface area contributed by atoms with E-state index in [9.17, 15) is 32.9 Å². The number of halogens is 3. The molecule has 7 nitrogen and oxygen atoms in total. The number of benzene rings is 1. The Kier molecular flexibility index (Phi) is 4.97. The maximum Gasteiger partial charge on any atom is 0.418 e. The number of ketones is 2. The molecule has 0 atom stereocenters. The van der Waals surface area contributed by atoms with Crippen LogP contribution in [-0.4, -0.2) is 22.2 Å². The first-order valence-corrected chi connectivity index (χ1v) is 5.60. The van der Waals surface area contributed by atoms with E-state index in [2.05, 4.69) is 12.0 Å². The van der Waals surface area contributed by atoms with Gasteiger partial charge in [0.1, 0.15) is 0 Å². The molecule has 0 heterocycles. The summed E-state index contributed by atoms with van der Waals surface area (Å²) >= 11 is 0. The van der Waals surface area contributed by atoms with Crippen molar-refractivity contribution in [2.24, 2.45) is 5.10 Å². The number of hydrogen-bond donors (Lipinski definition) is 1. The van der Waals surface area contributed by atoms with Gasteiger partial charge in [0.2, 0.25) is 0 Å². The summed E-state index contributed by atoms with van der Waals surface area (Å²) in [6, 6.07) is 1.92. The third-order valence-electron chi connectivity index (χ3n) is 2.41. The van der Waals surface area contributed by atoms with Crippen LogP contribution >= 0.6 is 0 Å². The summed E-state index contributed by atoms with van der Waals surface area (Å²) < 4.78 is 38.6. The molecule has 1 aromatic rings. The Balaban J connectivity index is 3.30. The number of anilines is 1. The zero-order chi connectivity index (χ0) is 17.1. The number of nitrogens with zero attached hydrogens (tertiary/aromatic N) is 2. The Morgan fingerprint density at radius 1 is 1.36 bits per heavy atom. The summed E-state index contributed by atoms with van der Waals surface area (Å²) in [5.74, 6) is -1.77. The average molecular weight is 316 g/mol. The Hall–Kier alpha value is -2.78. The number of carbonyl (C=O) groups excluding carboxylic acids is 2. The fourth-order valence-electron chi connectivity index (χ4n) is 1.43. The van der Waals surface area contributed by atoms with E-state index >= 15 is 0 Å². The van der Waals surface area contributed by atoms with E-state index in [0.717, 1.165) is 19.1 Å². The lowest BCUT2D eigenvalue weighted by molar-refractivity contribution is -0.385. The number of hydrazone groups is 1. The normalized spacial score (nSPS) is 12.0. The van der Waals surface area contributed by atoms with Crippen LogP contribution in [0.4, 0.5) is 24.5 Å². The monoisotopic (exact) mass is 316 g/mol. The first kappa shape index (κ1) is 17.3. The maximum atomic E-state index is 12.9. The number of Topliss-reactive ketones (excluding diaryl/α,β-unsaturated/α-hetero) is 2. The van der Waals surface area contributed by atoms with E-state index in [0.29, 0.717) is 6.07 Å². The highest BCUT2D eigenvalue weighted by Gasteiger charge is 2.35. The molecular weight excluding hydrogens is 307 g/mol. The van der Waals surface area contributed by atoms with Crippen LogP contribution < -0.4 is 5.43 Å². The highest BCUT2D eigenvalue weighted by atomic mass is 19.4. The third-order valence-corrected chi connectivity index (χ3v) is 2.41. The van der Waals surface area contributed by atoms with Gasteiger partial charge in [-0.1, -0.05) is 0 Å². The zero-order valence-corrected chi connectivity index (χ0v) is 11.1. The van der Waals surface area contributed by atoms with Crippen LogP contribution in [0.15, 0.2) is 23.3 Å². The van der Waals surface area contributed by atoms with Gasteiger partial charge in [-0.25, -0.2) is 0 Å². The van der Waals surface area contributed by atoms with Gasteiger partial charge in [0.15, 0.2) is 17.3 Å². The van der Waals surface area contributed by atoms with E-state index in [4.69, 9.17) is 0 Å². The van der Waals surface area contributed by atoms with Crippen molar-refractivity contribution >= 4 is 28.7 Å². The summed E-state index contributed by atoms with van der Waals surface area (Å²) in [5, 5.41) is 13.8. The Morgan fingerprint density at radius 3 is 2.36 bits per heavy atom. The van der Waals surface area contributed by atoms with Crippen LogP contribution in [0.2, 0.25) is 0 Å². The number of nitro benzene ring substituents is 1. The van der Waals surface area contributed by atoms with E-state index in [1.54, 1.807) is 0 Å². The number of hydrogen-bond acceptors (Lipinski definition) is 6. The molecule has 0 aliphatic heterocycles. The standard InChI is InChI=1S/C12H9F3N3O4/c1-6(19)11(7(2)20)17-16-10-4-3-8(18(21)22)5-9(10)12(13,14)15/h3-5,16H,1H2,2H3. The molecular formula is C12H9F3N3O4. The highest BCUT2D eigenvalue weighted by molar-refractivity contribution is 6.66. The molecule has 0 fully saturated rings. The number of non-ortho nitro benzene ring substituents is 1. The van der Waals surface area contributed by atoms with Gasteiger partial charge in [0.25, 0.3) is 5.69 Å². The summed E-state index contributed by atoms with van der Waals surface area (Å²) in [6.45, 7) is 3.93. The largest absolute Gasteiger partial charge is 0.418 e. The summed E-state index contributed by atoms with van der Waals surface area (Å²) in [5.41, 5.74) is -1.52. The predicted octanol–water partition coefficient (Wildman–Crippen LogP) is 2.37. The zero-order valence-electron chi connectivity index (χ0n) is 11.1. The van der Waals surface area contributed by atoms with Crippen molar-refractivity contribution in [1.29, 1.82) is 0 Å². The van der Waals surface area contributed by atoms with Gasteiger partial charge >= 0.3 is 6.18 Å². The van der Waals surface area contributed by atoms with Crippen molar-refractivity contribution in [2.45, 2.75) is 13.1 Å². The number of alkyl halides is 3. The van der Waals surface area contributed by atoms with Gasteiger partial charge in [0, 0.05) is 26.0 Å². The molecule has 1 aromatic carbocycles. The molecule has 0 aromatic heterocycles. The minimum Gasteiger partial charge on any atom is -0.293 e. The number of rotatable bonds is 5. The van der Waals surface area contributed by atoms with E-state index in [1.807, 2.05) is 5.43 Å². The molecule has 0 unspecified atom stereocenters. The number of carbonyl (C=O) groups is 2. The first-order chi connectivity index (χ1) is 10.0. The van der Waals surface area contributed by atoms with Crippen LogP contribution in [0, 0.1) is 17.0 Å². The maximum absolute atomic E-state index is 12.9. The second-order valence-electron chi connectivity index (χ2n) is 4.04. The van der Waals surface area contributed by atoms with Gasteiger partial charge in [-0.05, 0) is 6.07 Å². The molecule has 0 aliphatic rings. The van der Waals surface area contributed by atoms with Gasteiger partial charge in [-0.15, -0.1) is 0 Å². The lowest BCUT2D eigenvalue weighted by Crippen LogP contribution is -2.21. The fourth-order valence-corrected chi connectivity index (χ4v) is 1.43. The van der Waals surface area contributed by atoms with Crippen molar-refractivity contribution in [3.8, 4) is 0 Å². The van der Waals surface area contributed by atoms with Crippen molar-refractivity contribution in [2.75, 3.05) is 5.43 Å². The van der Waals surface area contributed by atoms with Crippen LogP contribution in [0.1, 0.15) is 12.5 Å². The molecule has 0 bridgehead atoms. The van der Waals surface area contributed by atoms with Crippen LogP contribution in [0.25, 0.3) is 0 Å². The highest BCUT2D eigenvalue weighted by Crippen LogP contribution is 2.37. The van der Waals surface area contributed by atoms with Gasteiger partial charge in [-0.3, -0.25) is 25.1 Å². The quantitative estimate of drug-likeness (QED) is 0.389. The second kappa shape index (κ2) is 6.33. The van der Waals surface area contributed by atoms with Crippen LogP contribution in [0.5, 0.6) is 0 Å². The molecule has 22 heavy (non-hydrogen) atoms. The Morgan fingerprint density at radius 2 is 1.95 bits per heavy atom. The summed E-state index contributed by atoms with van der Waals surface area (Å²) in [6.07, 6.45) is -4.89. The molecule has 1 radical (unpaired) electrons. The molecule has 0 spiro atoms. The smallest absolute Gasteiger partial charge is 0.293 e. The second-order valence-corrected chi connectivity index (χ2v) is 4.04. The number of nitrogens with one attached hydrogen (secondary N) is 1. The molecule has 0 amide bonds. The fraction of sp³-hybridized carbons (Fsp3) is 0.167. The lowest BCUT2D eigenvalue weighted by Gasteiger charge is -2.12. The van der Waals surface area contributed by atoms with Crippen molar-refractivity contribution < 1.29 is 27.7 Å². The van der Waals surface area contributed by atoms with E-state index in [1.165, 1.54) is 0 Å². The van der Waals surface area contributed by atoms with Crippen LogP contribution in [-0.2, 0) is 15.8 Å². The predicted molar refractivity (Wildman–Crippen MR) is 70.2 cm³/mol. The third kappa shape index (κ3) is 4.11. The minimum absolute atomic E-state index is 0.317. The average Bonchev–Trinajstić information content (AvgIpc) is 2.36. The van der Waals surface area contributed by atoms with Crippen LogP contribution in [0.3, 0.4) is 0 Å². The van der Waals surface area contributed by atoms with Crippen molar-refractivity contribution in [1.82, 2.24) is 0 Å². The first-order valence-electron chi connectivity index (χ1n) is 5.60. The van der Waals surface area contributed by atoms with Gasteiger partial charge in [0.05, 0.1) is 16.2 Å². The van der Waals surface area contributed by atoms with E-state index < -0.39 is 45.3 Å².